The maximum Gasteiger partial charge on any atom is 0.226 e. The van der Waals surface area contributed by atoms with E-state index in [1.54, 1.807) is 0 Å². The van der Waals surface area contributed by atoms with Crippen LogP contribution in [0.25, 0.3) is 0 Å². The van der Waals surface area contributed by atoms with Gasteiger partial charge in [0.05, 0.1) is 0 Å². The molecule has 0 atom stereocenters. The zero-order valence-corrected chi connectivity index (χ0v) is 12.4. The number of anilines is 1. The van der Waals surface area contributed by atoms with Crippen molar-refractivity contribution < 1.29 is 0 Å². The minimum atomic E-state index is 0.297. The third kappa shape index (κ3) is 3.04. The van der Waals surface area contributed by atoms with E-state index in [9.17, 15) is 0 Å². The molecule has 2 aromatic rings. The van der Waals surface area contributed by atoms with Gasteiger partial charge in [-0.3, -0.25) is 4.57 Å². The zero-order valence-electron chi connectivity index (χ0n) is 11.6. The number of nitrogens with one attached hydrogen (secondary N) is 1. The Balaban J connectivity index is 2.30. The van der Waals surface area contributed by atoms with E-state index in [1.165, 1.54) is 5.56 Å². The van der Waals surface area contributed by atoms with Gasteiger partial charge in [-0.25, -0.2) is 5.10 Å². The standard InChI is InChI=1S/C14H20N4S/c1-4-17(10-12-8-6-5-7-9-12)13-15-16-14(19)18(13)11(2)3/h5-9,11H,4,10H2,1-3H3,(H,16,19). The van der Waals surface area contributed by atoms with Crippen molar-refractivity contribution in [2.45, 2.75) is 33.4 Å². The molecule has 5 heteroatoms. The van der Waals surface area contributed by atoms with Crippen LogP contribution in [0.2, 0.25) is 0 Å². The summed E-state index contributed by atoms with van der Waals surface area (Å²) in [6, 6.07) is 10.7. The van der Waals surface area contributed by atoms with Gasteiger partial charge in [-0.15, -0.1) is 5.10 Å². The van der Waals surface area contributed by atoms with E-state index in [0.717, 1.165) is 19.0 Å². The van der Waals surface area contributed by atoms with Crippen LogP contribution in [0.1, 0.15) is 32.4 Å². The van der Waals surface area contributed by atoms with Crippen molar-refractivity contribution in [2.24, 2.45) is 0 Å². The van der Waals surface area contributed by atoms with Gasteiger partial charge in [0, 0.05) is 19.1 Å². The monoisotopic (exact) mass is 276 g/mol. The number of nitrogens with zero attached hydrogens (tertiary/aromatic N) is 3. The van der Waals surface area contributed by atoms with Crippen molar-refractivity contribution in [1.29, 1.82) is 0 Å². The van der Waals surface area contributed by atoms with Crippen LogP contribution >= 0.6 is 12.2 Å². The molecule has 0 fully saturated rings. The van der Waals surface area contributed by atoms with Crippen molar-refractivity contribution in [3.63, 3.8) is 0 Å². The number of rotatable bonds is 5. The highest BCUT2D eigenvalue weighted by atomic mass is 32.1. The van der Waals surface area contributed by atoms with Crippen molar-refractivity contribution in [2.75, 3.05) is 11.4 Å². The predicted molar refractivity (Wildman–Crippen MR) is 81.0 cm³/mol. The fourth-order valence-electron chi connectivity index (χ4n) is 2.11. The fraction of sp³-hybridized carbons (Fsp3) is 0.429. The molecule has 19 heavy (non-hydrogen) atoms. The Kier molecular flexibility index (Phi) is 4.37. The highest BCUT2D eigenvalue weighted by molar-refractivity contribution is 7.71. The molecule has 1 heterocycles. The summed E-state index contributed by atoms with van der Waals surface area (Å²) in [5, 5.41) is 7.27. The van der Waals surface area contributed by atoms with E-state index < -0.39 is 0 Å². The van der Waals surface area contributed by atoms with Gasteiger partial charge < -0.3 is 4.90 Å². The van der Waals surface area contributed by atoms with Crippen molar-refractivity contribution in [3.8, 4) is 0 Å². The molecule has 0 amide bonds. The molecular weight excluding hydrogens is 256 g/mol. The van der Waals surface area contributed by atoms with Gasteiger partial charge in [0.1, 0.15) is 0 Å². The number of H-pyrrole nitrogens is 1. The van der Waals surface area contributed by atoms with Gasteiger partial charge in [-0.05, 0) is 38.6 Å². The Hall–Kier alpha value is -1.62. The summed E-state index contributed by atoms with van der Waals surface area (Å²) in [5.41, 5.74) is 1.27. The molecule has 1 aromatic heterocycles. The summed E-state index contributed by atoms with van der Waals surface area (Å²) >= 11 is 5.30. The molecular formula is C14H20N4S. The average Bonchev–Trinajstić information content (AvgIpc) is 2.79. The van der Waals surface area contributed by atoms with Crippen LogP contribution in [0.15, 0.2) is 30.3 Å². The molecule has 0 aliphatic heterocycles. The molecule has 1 N–H and O–H groups in total. The summed E-state index contributed by atoms with van der Waals surface area (Å²) in [5.74, 6) is 0.909. The van der Waals surface area contributed by atoms with Gasteiger partial charge >= 0.3 is 0 Å². The van der Waals surface area contributed by atoms with Crippen LogP contribution < -0.4 is 4.90 Å². The van der Waals surface area contributed by atoms with Gasteiger partial charge in [0.25, 0.3) is 0 Å². The van der Waals surface area contributed by atoms with E-state index in [1.807, 2.05) is 6.07 Å². The Bertz CT molecular complexity index is 571. The Morgan fingerprint density at radius 3 is 2.58 bits per heavy atom. The summed E-state index contributed by atoms with van der Waals surface area (Å²) < 4.78 is 2.73. The second-order valence-corrected chi connectivity index (χ2v) is 5.18. The number of hydrogen-bond acceptors (Lipinski definition) is 3. The highest BCUT2D eigenvalue weighted by Crippen LogP contribution is 2.19. The Morgan fingerprint density at radius 1 is 1.32 bits per heavy atom. The third-order valence-corrected chi connectivity index (χ3v) is 3.37. The Labute approximate surface area is 119 Å². The van der Waals surface area contributed by atoms with Gasteiger partial charge in [-0.1, -0.05) is 30.3 Å². The summed E-state index contributed by atoms with van der Waals surface area (Å²) in [4.78, 5) is 2.22. The molecule has 0 aliphatic carbocycles. The first kappa shape index (κ1) is 13.8. The Morgan fingerprint density at radius 2 is 2.00 bits per heavy atom. The molecule has 1 aromatic carbocycles. The molecule has 0 saturated carbocycles. The van der Waals surface area contributed by atoms with E-state index in [4.69, 9.17) is 12.2 Å². The second kappa shape index (κ2) is 6.02. The maximum atomic E-state index is 5.30. The van der Waals surface area contributed by atoms with Gasteiger partial charge in [0.15, 0.2) is 4.77 Å². The van der Waals surface area contributed by atoms with Crippen LogP contribution in [0.5, 0.6) is 0 Å². The average molecular weight is 276 g/mol. The van der Waals surface area contributed by atoms with Crippen LogP contribution in [0.3, 0.4) is 0 Å². The number of aromatic amines is 1. The van der Waals surface area contributed by atoms with E-state index in [-0.39, 0.29) is 0 Å². The van der Waals surface area contributed by atoms with Crippen molar-refractivity contribution in [3.05, 3.63) is 40.7 Å². The molecule has 102 valence electrons. The van der Waals surface area contributed by atoms with E-state index in [2.05, 4.69) is 64.7 Å². The zero-order chi connectivity index (χ0) is 13.8. The number of hydrogen-bond donors (Lipinski definition) is 1. The molecule has 0 bridgehead atoms. The highest BCUT2D eigenvalue weighted by Gasteiger charge is 2.15. The van der Waals surface area contributed by atoms with Gasteiger partial charge in [-0.2, -0.15) is 0 Å². The van der Waals surface area contributed by atoms with Crippen LogP contribution in [0, 0.1) is 4.77 Å². The molecule has 0 spiro atoms. The normalized spacial score (nSPS) is 10.9. The topological polar surface area (TPSA) is 36.9 Å². The third-order valence-electron chi connectivity index (χ3n) is 3.08. The minimum absolute atomic E-state index is 0.297. The lowest BCUT2D eigenvalue weighted by molar-refractivity contribution is 0.578. The second-order valence-electron chi connectivity index (χ2n) is 4.79. The summed E-state index contributed by atoms with van der Waals surface area (Å²) in [6.45, 7) is 8.09. The first-order chi connectivity index (χ1) is 9.13. The quantitative estimate of drug-likeness (QED) is 0.849. The van der Waals surface area contributed by atoms with Gasteiger partial charge in [0.2, 0.25) is 5.95 Å². The smallest absolute Gasteiger partial charge is 0.226 e. The van der Waals surface area contributed by atoms with Crippen molar-refractivity contribution >= 4 is 18.2 Å². The molecule has 2 rings (SSSR count). The molecule has 4 nitrogen and oxygen atoms in total. The minimum Gasteiger partial charge on any atom is -0.337 e. The molecule has 0 unspecified atom stereocenters. The van der Waals surface area contributed by atoms with Crippen LogP contribution in [-0.4, -0.2) is 21.3 Å². The molecule has 0 saturated heterocycles. The SMILES string of the molecule is CCN(Cc1ccccc1)c1n[nH]c(=S)n1C(C)C. The van der Waals surface area contributed by atoms with E-state index in [0.29, 0.717) is 10.8 Å². The first-order valence-corrected chi connectivity index (χ1v) is 7.00. The van der Waals surface area contributed by atoms with Crippen LogP contribution in [0.4, 0.5) is 5.95 Å². The fourth-order valence-corrected chi connectivity index (χ4v) is 2.45. The maximum absolute atomic E-state index is 5.30. The summed E-state index contributed by atoms with van der Waals surface area (Å²) in [7, 11) is 0. The summed E-state index contributed by atoms with van der Waals surface area (Å²) in [6.07, 6.45) is 0. The van der Waals surface area contributed by atoms with Crippen molar-refractivity contribution in [1.82, 2.24) is 14.8 Å². The lowest BCUT2D eigenvalue weighted by atomic mass is 10.2. The molecule has 0 radical (unpaired) electrons. The largest absolute Gasteiger partial charge is 0.337 e. The lowest BCUT2D eigenvalue weighted by Crippen LogP contribution is -2.26. The molecule has 0 aliphatic rings. The van der Waals surface area contributed by atoms with Crippen LogP contribution in [-0.2, 0) is 6.54 Å². The number of aromatic nitrogens is 3. The first-order valence-electron chi connectivity index (χ1n) is 6.59. The van der Waals surface area contributed by atoms with E-state index >= 15 is 0 Å². The number of benzene rings is 1. The predicted octanol–water partition coefficient (Wildman–Crippen LogP) is 3.55. The lowest BCUT2D eigenvalue weighted by Gasteiger charge is -2.23.